The van der Waals surface area contributed by atoms with E-state index in [1.807, 2.05) is 0 Å². The monoisotopic (exact) mass is 223 g/mol. The van der Waals surface area contributed by atoms with Crippen LogP contribution in [0.3, 0.4) is 0 Å². The molecule has 0 amide bonds. The van der Waals surface area contributed by atoms with Crippen molar-refractivity contribution in [3.63, 3.8) is 0 Å². The third-order valence-corrected chi connectivity index (χ3v) is 5.15. The Morgan fingerprint density at radius 1 is 1.06 bits per heavy atom. The number of nitrogens with zero attached hydrogens (tertiary/aromatic N) is 1. The molecule has 3 heteroatoms. The summed E-state index contributed by atoms with van der Waals surface area (Å²) in [6, 6.07) is 0. The summed E-state index contributed by atoms with van der Waals surface area (Å²) >= 11 is 0. The Labute approximate surface area is 96.8 Å². The fourth-order valence-electron chi connectivity index (χ4n) is 4.01. The lowest BCUT2D eigenvalue weighted by molar-refractivity contribution is -0.152. The fraction of sp³-hybridized carbons (Fsp3) is 0.923. The van der Waals surface area contributed by atoms with Crippen LogP contribution in [0.4, 0.5) is 0 Å². The predicted molar refractivity (Wildman–Crippen MR) is 61.3 cm³/mol. The van der Waals surface area contributed by atoms with Gasteiger partial charge in [0.2, 0.25) is 0 Å². The summed E-state index contributed by atoms with van der Waals surface area (Å²) in [6.07, 6.45) is 9.34. The zero-order chi connectivity index (χ0) is 11.2. The molecule has 0 aromatic rings. The van der Waals surface area contributed by atoms with Crippen molar-refractivity contribution in [3.05, 3.63) is 0 Å². The number of likely N-dealkylation sites (tertiary alicyclic amines) is 1. The Balaban J connectivity index is 1.63. The highest BCUT2D eigenvalue weighted by molar-refractivity contribution is 5.68. The summed E-state index contributed by atoms with van der Waals surface area (Å²) in [5, 5.41) is 9.01. The van der Waals surface area contributed by atoms with Crippen LogP contribution in [0, 0.1) is 5.41 Å². The molecule has 0 bridgehead atoms. The van der Waals surface area contributed by atoms with Crippen molar-refractivity contribution in [1.82, 2.24) is 4.90 Å². The van der Waals surface area contributed by atoms with Crippen molar-refractivity contribution in [2.75, 3.05) is 13.1 Å². The molecule has 0 aromatic heterocycles. The van der Waals surface area contributed by atoms with Gasteiger partial charge in [-0.25, -0.2) is 0 Å². The Morgan fingerprint density at radius 3 is 2.12 bits per heavy atom. The zero-order valence-corrected chi connectivity index (χ0v) is 9.87. The second kappa shape index (κ2) is 3.46. The van der Waals surface area contributed by atoms with E-state index in [-0.39, 0.29) is 5.54 Å². The molecular formula is C13H21NO2. The van der Waals surface area contributed by atoms with Crippen molar-refractivity contribution in [3.8, 4) is 0 Å². The first-order chi connectivity index (χ1) is 7.64. The third-order valence-electron chi connectivity index (χ3n) is 5.15. The number of aliphatic carboxylic acids is 1. The summed E-state index contributed by atoms with van der Waals surface area (Å²) in [7, 11) is 0. The van der Waals surface area contributed by atoms with Gasteiger partial charge in [-0.05, 0) is 37.5 Å². The standard InChI is InChI=1S/C13H21NO2/c15-11(16)8-13(6-3-7-13)14-9-12(10-14)4-1-2-5-12/h1-10H2,(H,15,16). The molecule has 0 radical (unpaired) electrons. The highest BCUT2D eigenvalue weighted by Gasteiger charge is 2.54. The molecule has 1 spiro atoms. The molecule has 1 aliphatic heterocycles. The minimum Gasteiger partial charge on any atom is -0.481 e. The first kappa shape index (κ1) is 10.6. The number of hydrogen-bond donors (Lipinski definition) is 1. The van der Waals surface area contributed by atoms with Crippen molar-refractivity contribution < 1.29 is 9.90 Å². The quantitative estimate of drug-likeness (QED) is 0.798. The number of rotatable bonds is 3. The summed E-state index contributed by atoms with van der Waals surface area (Å²) < 4.78 is 0. The van der Waals surface area contributed by atoms with Gasteiger partial charge in [0.15, 0.2) is 0 Å². The second-order valence-corrected chi connectivity index (χ2v) is 6.21. The van der Waals surface area contributed by atoms with E-state index in [1.54, 1.807) is 0 Å². The summed E-state index contributed by atoms with van der Waals surface area (Å²) in [4.78, 5) is 13.4. The molecular weight excluding hydrogens is 202 g/mol. The molecule has 1 N–H and O–H groups in total. The molecule has 3 rings (SSSR count). The van der Waals surface area contributed by atoms with E-state index >= 15 is 0 Å². The van der Waals surface area contributed by atoms with Gasteiger partial charge in [0.1, 0.15) is 0 Å². The zero-order valence-electron chi connectivity index (χ0n) is 9.87. The van der Waals surface area contributed by atoms with Crippen LogP contribution in [-0.2, 0) is 4.79 Å². The van der Waals surface area contributed by atoms with Gasteiger partial charge in [0, 0.05) is 18.6 Å². The molecule has 1 saturated heterocycles. The number of carboxylic acid groups (broad SMARTS) is 1. The minimum absolute atomic E-state index is 0.0552. The van der Waals surface area contributed by atoms with E-state index in [9.17, 15) is 4.79 Å². The average Bonchev–Trinajstić information content (AvgIpc) is 2.57. The van der Waals surface area contributed by atoms with Crippen molar-refractivity contribution in [2.45, 2.75) is 56.9 Å². The highest BCUT2D eigenvalue weighted by Crippen LogP contribution is 2.52. The van der Waals surface area contributed by atoms with E-state index in [2.05, 4.69) is 4.90 Å². The molecule has 3 fully saturated rings. The second-order valence-electron chi connectivity index (χ2n) is 6.21. The largest absolute Gasteiger partial charge is 0.481 e. The van der Waals surface area contributed by atoms with Crippen molar-refractivity contribution in [1.29, 1.82) is 0 Å². The smallest absolute Gasteiger partial charge is 0.305 e. The molecule has 16 heavy (non-hydrogen) atoms. The van der Waals surface area contributed by atoms with E-state index < -0.39 is 5.97 Å². The normalized spacial score (nSPS) is 31.0. The van der Waals surface area contributed by atoms with Gasteiger partial charge in [-0.15, -0.1) is 0 Å². The summed E-state index contributed by atoms with van der Waals surface area (Å²) in [5.41, 5.74) is 0.654. The molecule has 2 saturated carbocycles. The average molecular weight is 223 g/mol. The highest BCUT2D eigenvalue weighted by atomic mass is 16.4. The maximum absolute atomic E-state index is 10.9. The molecule has 0 atom stereocenters. The van der Waals surface area contributed by atoms with Crippen molar-refractivity contribution in [2.24, 2.45) is 5.41 Å². The van der Waals surface area contributed by atoms with E-state index in [0.717, 1.165) is 12.8 Å². The van der Waals surface area contributed by atoms with Crippen molar-refractivity contribution >= 4 is 5.97 Å². The van der Waals surface area contributed by atoms with Crippen LogP contribution in [0.15, 0.2) is 0 Å². The topological polar surface area (TPSA) is 40.5 Å². The van der Waals surface area contributed by atoms with Gasteiger partial charge in [-0.2, -0.15) is 0 Å². The summed E-state index contributed by atoms with van der Waals surface area (Å²) in [5.74, 6) is -0.618. The number of carbonyl (C=O) groups is 1. The van der Waals surface area contributed by atoms with Gasteiger partial charge in [0.25, 0.3) is 0 Å². The maximum Gasteiger partial charge on any atom is 0.305 e. The maximum atomic E-state index is 10.9. The Kier molecular flexibility index (Phi) is 2.29. The van der Waals surface area contributed by atoms with Crippen LogP contribution in [0.1, 0.15) is 51.4 Å². The van der Waals surface area contributed by atoms with Gasteiger partial charge in [-0.1, -0.05) is 12.8 Å². The lowest BCUT2D eigenvalue weighted by Gasteiger charge is -2.60. The van der Waals surface area contributed by atoms with Gasteiger partial charge in [0.05, 0.1) is 6.42 Å². The number of hydrogen-bond acceptors (Lipinski definition) is 2. The first-order valence-electron chi connectivity index (χ1n) is 6.61. The Bertz CT molecular complexity index is 295. The van der Waals surface area contributed by atoms with Gasteiger partial charge < -0.3 is 5.11 Å². The Morgan fingerprint density at radius 2 is 1.69 bits per heavy atom. The first-order valence-corrected chi connectivity index (χ1v) is 6.61. The molecule has 3 nitrogen and oxygen atoms in total. The SMILES string of the molecule is O=C(O)CC1(N2CC3(CCCC3)C2)CCC1. The van der Waals surface area contributed by atoms with Crippen LogP contribution in [0.2, 0.25) is 0 Å². The van der Waals surface area contributed by atoms with Crippen LogP contribution in [0.25, 0.3) is 0 Å². The lowest BCUT2D eigenvalue weighted by atomic mass is 9.66. The molecule has 3 aliphatic rings. The van der Waals surface area contributed by atoms with Gasteiger partial charge >= 0.3 is 5.97 Å². The van der Waals surface area contributed by atoms with E-state index in [4.69, 9.17) is 5.11 Å². The predicted octanol–water partition coefficient (Wildman–Crippen LogP) is 2.26. The molecule has 1 heterocycles. The fourth-order valence-corrected chi connectivity index (χ4v) is 4.01. The van der Waals surface area contributed by atoms with E-state index in [1.165, 1.54) is 45.2 Å². The summed E-state index contributed by atoms with van der Waals surface area (Å²) in [6.45, 7) is 2.36. The Hall–Kier alpha value is -0.570. The van der Waals surface area contributed by atoms with Crippen LogP contribution >= 0.6 is 0 Å². The third kappa shape index (κ3) is 1.48. The molecule has 90 valence electrons. The molecule has 0 aromatic carbocycles. The van der Waals surface area contributed by atoms with Crippen LogP contribution in [0.5, 0.6) is 0 Å². The van der Waals surface area contributed by atoms with Crippen LogP contribution < -0.4 is 0 Å². The minimum atomic E-state index is -0.618. The van der Waals surface area contributed by atoms with Crippen LogP contribution in [-0.4, -0.2) is 34.6 Å². The van der Waals surface area contributed by atoms with Gasteiger partial charge in [-0.3, -0.25) is 9.69 Å². The molecule has 0 unspecified atom stereocenters. The molecule has 2 aliphatic carbocycles. The number of carboxylic acids is 1. The van der Waals surface area contributed by atoms with E-state index in [0.29, 0.717) is 11.8 Å². The lowest BCUT2D eigenvalue weighted by Crippen LogP contribution is -2.67.